The standard InChI is InChI=1S/C28H32BrO5P.CH4/c1-18(2)25-14-21(8-9-27(25)30)15-26-19(3)12-24(13-20(26)4)32-17-35(31)33-11-10-28(34-35)22-6-5-7-23(29)16-22;/h5-9,12-14,16,18,28,30H,10-11,15,17H2,1-4H3;1H4/t28-,35+;/m0./s1. The SMILES string of the molecule is C.Cc1cc(OC[P@@]2(=O)OCC[C@@H](c3cccc(Br)c3)O2)cc(C)c1Cc1ccc(O)c(C(C)C)c1. The number of ether oxygens (including phenoxy) is 1. The summed E-state index contributed by atoms with van der Waals surface area (Å²) in [5.74, 6) is 1.23. The van der Waals surface area contributed by atoms with E-state index in [1.165, 1.54) is 5.56 Å². The molecule has 1 fully saturated rings. The van der Waals surface area contributed by atoms with Crippen LogP contribution in [0.5, 0.6) is 11.5 Å². The highest BCUT2D eigenvalue weighted by atomic mass is 79.9. The lowest BCUT2D eigenvalue weighted by Crippen LogP contribution is -2.17. The van der Waals surface area contributed by atoms with Gasteiger partial charge in [0.15, 0.2) is 6.35 Å². The van der Waals surface area contributed by atoms with E-state index in [0.29, 0.717) is 24.5 Å². The molecule has 2 atom stereocenters. The molecule has 0 bridgehead atoms. The van der Waals surface area contributed by atoms with E-state index in [-0.39, 0.29) is 25.8 Å². The Morgan fingerprint density at radius 3 is 2.50 bits per heavy atom. The molecule has 0 amide bonds. The highest BCUT2D eigenvalue weighted by Crippen LogP contribution is 2.56. The fourth-order valence-electron chi connectivity index (χ4n) is 4.43. The molecular weight excluding hydrogens is 539 g/mol. The average Bonchev–Trinajstić information content (AvgIpc) is 2.81. The Balaban J connectivity index is 0.00000361. The molecule has 0 radical (unpaired) electrons. The average molecular weight is 575 g/mol. The largest absolute Gasteiger partial charge is 0.508 e. The molecule has 3 aromatic rings. The van der Waals surface area contributed by atoms with Crippen molar-refractivity contribution in [1.82, 2.24) is 0 Å². The van der Waals surface area contributed by atoms with Crippen molar-refractivity contribution in [3.05, 3.63) is 92.5 Å². The van der Waals surface area contributed by atoms with Crippen molar-refractivity contribution in [2.24, 2.45) is 0 Å². The first-order valence-electron chi connectivity index (χ1n) is 11.9. The summed E-state index contributed by atoms with van der Waals surface area (Å²) in [6, 6.07) is 17.6. The Bertz CT molecular complexity index is 1230. The quantitative estimate of drug-likeness (QED) is 0.285. The molecule has 7 heteroatoms. The molecule has 0 saturated carbocycles. The number of hydrogen-bond donors (Lipinski definition) is 1. The Kier molecular flexibility index (Phi) is 9.45. The molecular formula is C29H36BrO5P. The number of benzene rings is 3. The first-order valence-corrected chi connectivity index (χ1v) is 14.4. The van der Waals surface area contributed by atoms with Gasteiger partial charge < -0.3 is 14.4 Å². The van der Waals surface area contributed by atoms with Crippen LogP contribution in [-0.4, -0.2) is 18.1 Å². The summed E-state index contributed by atoms with van der Waals surface area (Å²) in [6.45, 7) is 8.62. The molecule has 0 spiro atoms. The zero-order valence-electron chi connectivity index (χ0n) is 20.6. The van der Waals surface area contributed by atoms with Crippen molar-refractivity contribution in [2.75, 3.05) is 13.0 Å². The van der Waals surface area contributed by atoms with Crippen LogP contribution in [0.3, 0.4) is 0 Å². The summed E-state index contributed by atoms with van der Waals surface area (Å²) in [5, 5.41) is 10.1. The van der Waals surface area contributed by atoms with E-state index >= 15 is 0 Å². The first-order chi connectivity index (χ1) is 16.6. The van der Waals surface area contributed by atoms with Gasteiger partial charge in [0.2, 0.25) is 0 Å². The first kappa shape index (κ1) is 28.5. The third-order valence-corrected chi connectivity index (χ3v) is 8.42. The third kappa shape index (κ3) is 6.80. The lowest BCUT2D eigenvalue weighted by Gasteiger charge is -2.30. The van der Waals surface area contributed by atoms with Gasteiger partial charge in [0.05, 0.1) is 12.7 Å². The summed E-state index contributed by atoms with van der Waals surface area (Å²) >= 11 is 3.48. The predicted octanol–water partition coefficient (Wildman–Crippen LogP) is 8.83. The molecule has 1 aliphatic rings. The number of hydrogen-bond acceptors (Lipinski definition) is 5. The molecule has 0 unspecified atom stereocenters. The Morgan fingerprint density at radius 2 is 1.83 bits per heavy atom. The summed E-state index contributed by atoms with van der Waals surface area (Å²) in [7, 11) is -3.39. The molecule has 1 N–H and O–H groups in total. The zero-order chi connectivity index (χ0) is 25.2. The van der Waals surface area contributed by atoms with Crippen molar-refractivity contribution in [3.8, 4) is 11.5 Å². The molecule has 0 aromatic heterocycles. The monoisotopic (exact) mass is 574 g/mol. The second-order valence-electron chi connectivity index (χ2n) is 9.42. The van der Waals surface area contributed by atoms with Crippen LogP contribution in [-0.2, 0) is 20.0 Å². The van der Waals surface area contributed by atoms with Crippen molar-refractivity contribution >= 4 is 23.5 Å². The van der Waals surface area contributed by atoms with Gasteiger partial charge in [-0.3, -0.25) is 9.09 Å². The van der Waals surface area contributed by atoms with Crippen LogP contribution in [0.15, 0.2) is 59.1 Å². The van der Waals surface area contributed by atoms with Crippen LogP contribution in [0.25, 0.3) is 0 Å². The molecule has 0 aliphatic carbocycles. The molecule has 4 rings (SSSR count). The molecule has 1 aliphatic heterocycles. The van der Waals surface area contributed by atoms with Crippen LogP contribution in [0, 0.1) is 13.8 Å². The number of aryl methyl sites for hydroxylation is 2. The second-order valence-corrected chi connectivity index (χ2v) is 12.3. The number of aromatic hydroxyl groups is 1. The zero-order valence-corrected chi connectivity index (χ0v) is 23.1. The summed E-state index contributed by atoms with van der Waals surface area (Å²) in [6.07, 6.45) is 0.980. The maximum atomic E-state index is 13.3. The van der Waals surface area contributed by atoms with Crippen LogP contribution in [0.4, 0.5) is 0 Å². The van der Waals surface area contributed by atoms with E-state index in [1.54, 1.807) is 6.07 Å². The Labute approximate surface area is 223 Å². The van der Waals surface area contributed by atoms with Crippen LogP contribution >= 0.6 is 23.5 Å². The fourth-order valence-corrected chi connectivity index (χ4v) is 6.35. The van der Waals surface area contributed by atoms with Gasteiger partial charge in [-0.25, -0.2) is 0 Å². The second kappa shape index (κ2) is 12.0. The van der Waals surface area contributed by atoms with Gasteiger partial charge in [-0.1, -0.05) is 61.5 Å². The van der Waals surface area contributed by atoms with E-state index < -0.39 is 7.60 Å². The molecule has 1 heterocycles. The van der Waals surface area contributed by atoms with Gasteiger partial charge in [-0.05, 0) is 89.9 Å². The van der Waals surface area contributed by atoms with E-state index in [9.17, 15) is 9.67 Å². The minimum Gasteiger partial charge on any atom is -0.508 e. The van der Waals surface area contributed by atoms with E-state index in [1.807, 2.05) is 42.5 Å². The minimum absolute atomic E-state index is 0. The highest BCUT2D eigenvalue weighted by molar-refractivity contribution is 9.10. The number of rotatable bonds is 7. The fraction of sp³-hybridized carbons (Fsp3) is 0.379. The molecule has 1 saturated heterocycles. The smallest absolute Gasteiger partial charge is 0.368 e. The summed E-state index contributed by atoms with van der Waals surface area (Å²) in [4.78, 5) is 0. The van der Waals surface area contributed by atoms with Gasteiger partial charge in [0, 0.05) is 10.9 Å². The predicted molar refractivity (Wildman–Crippen MR) is 149 cm³/mol. The van der Waals surface area contributed by atoms with Crippen LogP contribution in [0.2, 0.25) is 0 Å². The molecule has 5 nitrogen and oxygen atoms in total. The summed E-state index contributed by atoms with van der Waals surface area (Å²) < 4.78 is 31.6. The van der Waals surface area contributed by atoms with E-state index in [0.717, 1.165) is 38.7 Å². The van der Waals surface area contributed by atoms with Gasteiger partial charge >= 0.3 is 7.60 Å². The molecule has 3 aromatic carbocycles. The van der Waals surface area contributed by atoms with Gasteiger partial charge in [-0.2, -0.15) is 0 Å². The van der Waals surface area contributed by atoms with Crippen molar-refractivity contribution in [1.29, 1.82) is 0 Å². The third-order valence-electron chi connectivity index (χ3n) is 6.33. The summed E-state index contributed by atoms with van der Waals surface area (Å²) in [5.41, 5.74) is 6.47. The molecule has 36 heavy (non-hydrogen) atoms. The van der Waals surface area contributed by atoms with Crippen molar-refractivity contribution in [2.45, 2.75) is 60.0 Å². The van der Waals surface area contributed by atoms with Crippen LogP contribution in [0.1, 0.15) is 73.1 Å². The highest BCUT2D eigenvalue weighted by Gasteiger charge is 2.35. The Hall–Kier alpha value is -2.11. The normalized spacial score (nSPS) is 19.7. The van der Waals surface area contributed by atoms with Crippen molar-refractivity contribution in [3.63, 3.8) is 0 Å². The number of phenols is 1. The topological polar surface area (TPSA) is 65.0 Å². The Morgan fingerprint density at radius 1 is 1.11 bits per heavy atom. The number of phenolic OH excluding ortho intramolecular Hbond substituents is 1. The van der Waals surface area contributed by atoms with E-state index in [2.05, 4.69) is 49.7 Å². The maximum absolute atomic E-state index is 13.3. The molecule has 194 valence electrons. The lowest BCUT2D eigenvalue weighted by atomic mass is 9.93. The minimum atomic E-state index is -3.39. The van der Waals surface area contributed by atoms with Crippen molar-refractivity contribution < 1.29 is 23.5 Å². The van der Waals surface area contributed by atoms with Gasteiger partial charge in [0.25, 0.3) is 0 Å². The number of halogens is 1. The lowest BCUT2D eigenvalue weighted by molar-refractivity contribution is 0.0725. The maximum Gasteiger partial charge on any atom is 0.368 e. The van der Waals surface area contributed by atoms with Crippen LogP contribution < -0.4 is 4.74 Å². The van der Waals surface area contributed by atoms with E-state index in [4.69, 9.17) is 13.8 Å². The van der Waals surface area contributed by atoms with Gasteiger partial charge in [-0.15, -0.1) is 0 Å². The van der Waals surface area contributed by atoms with Gasteiger partial charge in [0.1, 0.15) is 11.5 Å².